The Morgan fingerprint density at radius 2 is 1.77 bits per heavy atom. The summed E-state index contributed by atoms with van der Waals surface area (Å²) in [7, 11) is 0. The molecule has 31 heavy (non-hydrogen) atoms. The highest BCUT2D eigenvalue weighted by molar-refractivity contribution is 7.78. The first-order chi connectivity index (χ1) is 15.0. The normalized spacial score (nSPS) is 22.4. The molecular weight excluding hydrogens is 449 g/mol. The van der Waals surface area contributed by atoms with Crippen LogP contribution in [0.4, 0.5) is 10.5 Å². The first-order valence-corrected chi connectivity index (χ1v) is 12.2. The van der Waals surface area contributed by atoms with Crippen LogP contribution >= 0.6 is 36.0 Å². The molecule has 0 bridgehead atoms. The monoisotopic (exact) mass is 477 g/mol. The smallest absolute Gasteiger partial charge is 0.307 e. The molecule has 2 aliphatic rings. The number of hydrogen-bond acceptors (Lipinski definition) is 3. The third kappa shape index (κ3) is 5.89. The maximum absolute atomic E-state index is 12.8. The first-order valence-electron chi connectivity index (χ1n) is 11.0. The Hall–Kier alpha value is -1.40. The van der Waals surface area contributed by atoms with Crippen LogP contribution in [-0.2, 0) is 6.42 Å². The number of nitrogens with one attached hydrogen (secondary N) is 1. The van der Waals surface area contributed by atoms with Crippen LogP contribution in [0.15, 0.2) is 48.5 Å². The van der Waals surface area contributed by atoms with Crippen molar-refractivity contribution in [3.63, 3.8) is 0 Å². The summed E-state index contributed by atoms with van der Waals surface area (Å²) in [6.07, 6.45) is 6.72. The Labute approximate surface area is 200 Å². The number of hydrogen-bond donors (Lipinski definition) is 2. The Morgan fingerprint density at radius 3 is 2.48 bits per heavy atom. The number of carbonyl (C=O) groups excluding carboxylic acids is 1. The van der Waals surface area contributed by atoms with E-state index >= 15 is 0 Å². The summed E-state index contributed by atoms with van der Waals surface area (Å²) < 4.78 is 1.60. The van der Waals surface area contributed by atoms with E-state index in [1.54, 1.807) is 16.4 Å². The quantitative estimate of drug-likeness (QED) is 0.478. The Balaban J connectivity index is 1.31. The van der Waals surface area contributed by atoms with E-state index in [2.05, 4.69) is 35.2 Å². The third-order valence-electron chi connectivity index (χ3n) is 6.60. The molecule has 1 aliphatic heterocycles. The minimum Gasteiger partial charge on any atom is -0.307 e. The van der Waals surface area contributed by atoms with Gasteiger partial charge in [0.25, 0.3) is 0 Å². The number of piperidine rings is 1. The van der Waals surface area contributed by atoms with Crippen molar-refractivity contribution in [3.8, 4) is 0 Å². The van der Waals surface area contributed by atoms with E-state index in [0.29, 0.717) is 22.7 Å². The van der Waals surface area contributed by atoms with Crippen LogP contribution in [0.5, 0.6) is 0 Å². The van der Waals surface area contributed by atoms with Gasteiger partial charge in [-0.3, -0.25) is 9.21 Å². The molecule has 0 aromatic heterocycles. The SMILES string of the molecule is O=C(Nc1cccc(Cl)c1)N(S)C1CCCC1N1CCC(Cc2ccc(Cl)cc2)CC1. The number of rotatable bonds is 5. The van der Waals surface area contributed by atoms with E-state index in [1.165, 1.54) is 18.4 Å². The number of benzene rings is 2. The molecule has 2 atom stereocenters. The zero-order valence-corrected chi connectivity index (χ0v) is 19.9. The molecule has 7 heteroatoms. The molecule has 2 amide bonds. The van der Waals surface area contributed by atoms with Crippen molar-refractivity contribution in [1.82, 2.24) is 9.21 Å². The summed E-state index contributed by atoms with van der Waals surface area (Å²) in [4.78, 5) is 15.4. The van der Waals surface area contributed by atoms with Crippen LogP contribution in [0, 0.1) is 5.92 Å². The van der Waals surface area contributed by atoms with Crippen molar-refractivity contribution in [2.75, 3.05) is 18.4 Å². The molecule has 1 N–H and O–H groups in total. The Morgan fingerprint density at radius 1 is 1.03 bits per heavy atom. The number of anilines is 1. The Bertz CT molecular complexity index is 887. The molecule has 1 saturated carbocycles. The topological polar surface area (TPSA) is 35.6 Å². The molecule has 166 valence electrons. The summed E-state index contributed by atoms with van der Waals surface area (Å²) in [5.41, 5.74) is 2.05. The molecule has 4 rings (SSSR count). The average Bonchev–Trinajstić information content (AvgIpc) is 3.25. The lowest BCUT2D eigenvalue weighted by Gasteiger charge is -2.40. The second-order valence-corrected chi connectivity index (χ2v) is 9.96. The van der Waals surface area contributed by atoms with Crippen LogP contribution in [0.2, 0.25) is 10.0 Å². The van der Waals surface area contributed by atoms with Gasteiger partial charge in [0.2, 0.25) is 0 Å². The second-order valence-electron chi connectivity index (χ2n) is 8.66. The van der Waals surface area contributed by atoms with Gasteiger partial charge in [-0.15, -0.1) is 0 Å². The van der Waals surface area contributed by atoms with Gasteiger partial charge < -0.3 is 5.32 Å². The summed E-state index contributed by atoms with van der Waals surface area (Å²) in [6, 6.07) is 15.7. The second kappa shape index (κ2) is 10.5. The molecule has 1 aliphatic carbocycles. The fraction of sp³-hybridized carbons (Fsp3) is 0.458. The summed E-state index contributed by atoms with van der Waals surface area (Å²) in [6.45, 7) is 2.16. The molecule has 2 aromatic carbocycles. The predicted molar refractivity (Wildman–Crippen MR) is 132 cm³/mol. The lowest BCUT2D eigenvalue weighted by atomic mass is 9.89. The molecule has 2 fully saturated rings. The lowest BCUT2D eigenvalue weighted by molar-refractivity contribution is 0.106. The lowest BCUT2D eigenvalue weighted by Crippen LogP contribution is -2.51. The highest BCUT2D eigenvalue weighted by Gasteiger charge is 2.38. The molecule has 2 unspecified atom stereocenters. The number of nitrogens with zero attached hydrogens (tertiary/aromatic N) is 2. The zero-order valence-electron chi connectivity index (χ0n) is 17.5. The molecular formula is C24H29Cl2N3OS. The van der Waals surface area contributed by atoms with Gasteiger partial charge in [-0.25, -0.2) is 4.79 Å². The van der Waals surface area contributed by atoms with Crippen LogP contribution in [-0.4, -0.2) is 40.4 Å². The largest absolute Gasteiger partial charge is 0.331 e. The number of halogens is 2. The minimum absolute atomic E-state index is 0.121. The van der Waals surface area contributed by atoms with Gasteiger partial charge >= 0.3 is 6.03 Å². The van der Waals surface area contributed by atoms with Crippen molar-refractivity contribution in [1.29, 1.82) is 0 Å². The van der Waals surface area contributed by atoms with E-state index in [0.717, 1.165) is 43.8 Å². The summed E-state index contributed by atoms with van der Waals surface area (Å²) in [5.74, 6) is 0.704. The van der Waals surface area contributed by atoms with E-state index < -0.39 is 0 Å². The molecule has 2 aromatic rings. The van der Waals surface area contributed by atoms with Gasteiger partial charge in [0.05, 0.1) is 6.04 Å². The van der Waals surface area contributed by atoms with Crippen molar-refractivity contribution in [2.24, 2.45) is 5.92 Å². The fourth-order valence-electron chi connectivity index (χ4n) is 4.97. The van der Waals surface area contributed by atoms with Crippen LogP contribution in [0.25, 0.3) is 0 Å². The van der Waals surface area contributed by atoms with Crippen molar-refractivity contribution >= 4 is 47.7 Å². The summed E-state index contributed by atoms with van der Waals surface area (Å²) in [5, 5.41) is 4.31. The zero-order chi connectivity index (χ0) is 21.8. The van der Waals surface area contributed by atoms with Gasteiger partial charge in [-0.05, 0) is 93.4 Å². The van der Waals surface area contributed by atoms with Gasteiger partial charge in [0.1, 0.15) is 0 Å². The summed E-state index contributed by atoms with van der Waals surface area (Å²) >= 11 is 16.6. The van der Waals surface area contributed by atoms with E-state index in [4.69, 9.17) is 23.2 Å². The number of thiol groups is 1. The molecule has 0 radical (unpaired) electrons. The van der Waals surface area contributed by atoms with Crippen molar-refractivity contribution in [3.05, 3.63) is 64.1 Å². The number of amides is 2. The van der Waals surface area contributed by atoms with Gasteiger partial charge in [-0.1, -0.05) is 54.2 Å². The first kappa shape index (κ1) is 22.8. The van der Waals surface area contributed by atoms with Gasteiger partial charge in [0, 0.05) is 21.8 Å². The molecule has 1 heterocycles. The van der Waals surface area contributed by atoms with Crippen LogP contribution in [0.3, 0.4) is 0 Å². The Kier molecular flexibility index (Phi) is 7.70. The number of carbonyl (C=O) groups is 1. The molecule has 0 spiro atoms. The number of likely N-dealkylation sites (tertiary alicyclic amines) is 1. The fourth-order valence-corrected chi connectivity index (χ4v) is 5.61. The van der Waals surface area contributed by atoms with E-state index in [1.807, 2.05) is 24.3 Å². The van der Waals surface area contributed by atoms with Crippen LogP contribution < -0.4 is 5.32 Å². The van der Waals surface area contributed by atoms with E-state index in [-0.39, 0.29) is 12.1 Å². The number of urea groups is 1. The van der Waals surface area contributed by atoms with Crippen LogP contribution in [0.1, 0.15) is 37.7 Å². The van der Waals surface area contributed by atoms with E-state index in [9.17, 15) is 4.79 Å². The highest BCUT2D eigenvalue weighted by Crippen LogP contribution is 2.33. The van der Waals surface area contributed by atoms with Gasteiger partial charge in [0.15, 0.2) is 0 Å². The molecule has 1 saturated heterocycles. The maximum Gasteiger partial charge on any atom is 0.331 e. The standard InChI is InChI=1S/C24H29Cl2N3OS/c25-19-9-7-17(8-10-19)15-18-11-13-28(14-12-18)22-5-2-6-23(22)29(31)24(30)27-21-4-1-3-20(26)16-21/h1,3-4,7-10,16,18,22-23,31H,2,5-6,11-15H2,(H,27,30). The van der Waals surface area contributed by atoms with Crippen molar-refractivity contribution < 1.29 is 4.79 Å². The van der Waals surface area contributed by atoms with Crippen molar-refractivity contribution in [2.45, 2.75) is 50.6 Å². The molecule has 4 nitrogen and oxygen atoms in total. The third-order valence-corrected chi connectivity index (χ3v) is 7.56. The van der Waals surface area contributed by atoms with Gasteiger partial charge in [-0.2, -0.15) is 0 Å². The predicted octanol–water partition coefficient (Wildman–Crippen LogP) is 6.55. The maximum atomic E-state index is 12.8. The highest BCUT2D eigenvalue weighted by atomic mass is 35.5. The average molecular weight is 478 g/mol. The minimum atomic E-state index is -0.194.